The van der Waals surface area contributed by atoms with Gasteiger partial charge in [-0.2, -0.15) is 0 Å². The maximum atomic E-state index is 13.4. The molecule has 110 valence electrons. The minimum Gasteiger partial charge on any atom is -0.494 e. The molecular formula is C15H19FO4. The van der Waals surface area contributed by atoms with Gasteiger partial charge in [0.25, 0.3) is 0 Å². The van der Waals surface area contributed by atoms with Crippen molar-refractivity contribution in [2.75, 3.05) is 7.11 Å². The smallest absolute Gasteiger partial charge is 0.372 e. The van der Waals surface area contributed by atoms with Gasteiger partial charge in [-0.25, -0.2) is 9.18 Å². The van der Waals surface area contributed by atoms with E-state index < -0.39 is 23.0 Å². The summed E-state index contributed by atoms with van der Waals surface area (Å²) >= 11 is 0. The molecule has 0 fully saturated rings. The van der Waals surface area contributed by atoms with Crippen molar-refractivity contribution in [1.82, 2.24) is 0 Å². The molecule has 0 spiro atoms. The molecule has 0 aromatic heterocycles. The molecule has 1 unspecified atom stereocenters. The van der Waals surface area contributed by atoms with Crippen molar-refractivity contribution in [2.45, 2.75) is 38.5 Å². The van der Waals surface area contributed by atoms with Crippen molar-refractivity contribution >= 4 is 11.8 Å². The highest BCUT2D eigenvalue weighted by Gasteiger charge is 2.32. The molecule has 0 aliphatic heterocycles. The standard InChI is InChI=1S/C15H19FO4/c1-4-7-15(2,9-12(17)14(18)19)10-5-6-11(16)13(8-10)20-3/h5-6,8H,4,7,9H2,1-3H3,(H,18,19). The number of methoxy groups -OCH3 is 1. The average Bonchev–Trinajstić information content (AvgIpc) is 2.39. The van der Waals surface area contributed by atoms with E-state index in [-0.39, 0.29) is 12.2 Å². The fourth-order valence-corrected chi connectivity index (χ4v) is 2.35. The van der Waals surface area contributed by atoms with E-state index in [2.05, 4.69) is 0 Å². The van der Waals surface area contributed by atoms with Gasteiger partial charge in [-0.1, -0.05) is 26.3 Å². The number of ether oxygens (including phenoxy) is 1. The number of ketones is 1. The molecule has 5 heteroatoms. The van der Waals surface area contributed by atoms with Crippen LogP contribution in [0.2, 0.25) is 0 Å². The first-order chi connectivity index (χ1) is 9.34. The summed E-state index contributed by atoms with van der Waals surface area (Å²) in [4.78, 5) is 22.3. The van der Waals surface area contributed by atoms with Crippen LogP contribution in [0.1, 0.15) is 38.7 Å². The number of carbonyl (C=O) groups is 2. The maximum Gasteiger partial charge on any atom is 0.372 e. The molecule has 20 heavy (non-hydrogen) atoms. The Labute approximate surface area is 117 Å². The van der Waals surface area contributed by atoms with Crippen molar-refractivity contribution in [2.24, 2.45) is 0 Å². The molecule has 1 N–H and O–H groups in total. The van der Waals surface area contributed by atoms with Gasteiger partial charge in [0.15, 0.2) is 11.6 Å². The summed E-state index contributed by atoms with van der Waals surface area (Å²) in [6.07, 6.45) is 1.29. The van der Waals surface area contributed by atoms with Crippen LogP contribution < -0.4 is 4.74 Å². The second-order valence-corrected chi connectivity index (χ2v) is 5.07. The van der Waals surface area contributed by atoms with Gasteiger partial charge < -0.3 is 9.84 Å². The van der Waals surface area contributed by atoms with Crippen LogP contribution in [0.15, 0.2) is 18.2 Å². The van der Waals surface area contributed by atoms with Crippen molar-refractivity contribution < 1.29 is 23.8 Å². The van der Waals surface area contributed by atoms with Crippen molar-refractivity contribution in [3.63, 3.8) is 0 Å². The Balaban J connectivity index is 3.17. The van der Waals surface area contributed by atoms with Gasteiger partial charge in [0.05, 0.1) is 7.11 Å². The number of hydrogen-bond acceptors (Lipinski definition) is 3. The minimum absolute atomic E-state index is 0.0904. The summed E-state index contributed by atoms with van der Waals surface area (Å²) in [5.74, 6) is -2.68. The van der Waals surface area contributed by atoms with Crippen LogP contribution in [-0.4, -0.2) is 24.0 Å². The number of carbonyl (C=O) groups excluding carboxylic acids is 1. The third-order valence-corrected chi connectivity index (χ3v) is 3.44. The summed E-state index contributed by atoms with van der Waals surface area (Å²) in [6, 6.07) is 4.37. The Morgan fingerprint density at radius 3 is 2.55 bits per heavy atom. The molecule has 0 aliphatic carbocycles. The highest BCUT2D eigenvalue weighted by Crippen LogP contribution is 2.35. The average molecular weight is 282 g/mol. The molecule has 1 aromatic rings. The Kier molecular flexibility index (Phi) is 5.25. The quantitative estimate of drug-likeness (QED) is 0.781. The van der Waals surface area contributed by atoms with Gasteiger partial charge in [0.2, 0.25) is 5.78 Å². The van der Waals surface area contributed by atoms with Crippen LogP contribution in [0, 0.1) is 5.82 Å². The largest absolute Gasteiger partial charge is 0.494 e. The summed E-state index contributed by atoms with van der Waals surface area (Å²) in [5, 5.41) is 8.77. The summed E-state index contributed by atoms with van der Waals surface area (Å²) in [6.45, 7) is 3.76. The summed E-state index contributed by atoms with van der Waals surface area (Å²) in [5.41, 5.74) is 0.0535. The molecule has 0 saturated heterocycles. The first-order valence-electron chi connectivity index (χ1n) is 6.44. The fourth-order valence-electron chi connectivity index (χ4n) is 2.35. The highest BCUT2D eigenvalue weighted by atomic mass is 19.1. The normalized spacial score (nSPS) is 13.6. The zero-order chi connectivity index (χ0) is 15.3. The molecule has 1 rings (SSSR count). The predicted octanol–water partition coefficient (Wildman–Crippen LogP) is 2.94. The van der Waals surface area contributed by atoms with Crippen molar-refractivity contribution in [3.05, 3.63) is 29.6 Å². The van der Waals surface area contributed by atoms with Crippen LogP contribution in [0.3, 0.4) is 0 Å². The van der Waals surface area contributed by atoms with E-state index in [9.17, 15) is 14.0 Å². The molecule has 0 heterocycles. The van der Waals surface area contributed by atoms with Gasteiger partial charge in [0, 0.05) is 11.8 Å². The lowest BCUT2D eigenvalue weighted by Gasteiger charge is -2.29. The molecule has 0 bridgehead atoms. The zero-order valence-corrected chi connectivity index (χ0v) is 11.9. The van der Waals surface area contributed by atoms with Crippen LogP contribution in [-0.2, 0) is 15.0 Å². The first-order valence-corrected chi connectivity index (χ1v) is 6.44. The Morgan fingerprint density at radius 2 is 2.05 bits per heavy atom. The molecule has 0 radical (unpaired) electrons. The van der Waals surface area contributed by atoms with Crippen molar-refractivity contribution in [3.8, 4) is 5.75 Å². The monoisotopic (exact) mass is 282 g/mol. The minimum atomic E-state index is -1.44. The topological polar surface area (TPSA) is 63.6 Å². The molecule has 4 nitrogen and oxygen atoms in total. The van der Waals surface area contributed by atoms with Gasteiger partial charge in [-0.3, -0.25) is 4.79 Å². The van der Waals surface area contributed by atoms with E-state index in [1.807, 2.05) is 13.8 Å². The number of halogens is 1. The number of hydrogen-bond donors (Lipinski definition) is 1. The van der Waals surface area contributed by atoms with Gasteiger partial charge in [0.1, 0.15) is 0 Å². The lowest BCUT2D eigenvalue weighted by molar-refractivity contribution is -0.149. The third kappa shape index (κ3) is 3.56. The maximum absolute atomic E-state index is 13.4. The van der Waals surface area contributed by atoms with E-state index in [4.69, 9.17) is 9.84 Å². The predicted molar refractivity (Wildman–Crippen MR) is 72.5 cm³/mol. The SMILES string of the molecule is CCCC(C)(CC(=O)C(=O)O)c1ccc(F)c(OC)c1. The summed E-state index contributed by atoms with van der Waals surface area (Å²) < 4.78 is 18.4. The van der Waals surface area contributed by atoms with E-state index in [0.717, 1.165) is 6.42 Å². The number of carboxylic acid groups (broad SMARTS) is 1. The van der Waals surface area contributed by atoms with Crippen LogP contribution in [0.5, 0.6) is 5.75 Å². The van der Waals surface area contributed by atoms with Crippen LogP contribution in [0.25, 0.3) is 0 Å². The van der Waals surface area contributed by atoms with Gasteiger partial charge in [-0.15, -0.1) is 0 Å². The number of carboxylic acids is 1. The lowest BCUT2D eigenvalue weighted by atomic mass is 9.75. The van der Waals surface area contributed by atoms with E-state index in [1.165, 1.54) is 19.2 Å². The first kappa shape index (κ1) is 16.1. The van der Waals surface area contributed by atoms with E-state index in [1.54, 1.807) is 6.07 Å². The fraction of sp³-hybridized carbons (Fsp3) is 0.467. The molecule has 0 saturated carbocycles. The molecular weight excluding hydrogens is 263 g/mol. The second kappa shape index (κ2) is 6.50. The third-order valence-electron chi connectivity index (χ3n) is 3.44. The van der Waals surface area contributed by atoms with Gasteiger partial charge >= 0.3 is 5.97 Å². The number of benzene rings is 1. The Hall–Kier alpha value is -1.91. The van der Waals surface area contributed by atoms with Crippen molar-refractivity contribution in [1.29, 1.82) is 0 Å². The molecule has 0 aliphatic rings. The number of rotatable bonds is 7. The van der Waals surface area contributed by atoms with Crippen LogP contribution in [0.4, 0.5) is 4.39 Å². The lowest BCUT2D eigenvalue weighted by Crippen LogP contribution is -2.29. The van der Waals surface area contributed by atoms with Gasteiger partial charge in [-0.05, 0) is 24.1 Å². The van der Waals surface area contributed by atoms with E-state index >= 15 is 0 Å². The highest BCUT2D eigenvalue weighted by molar-refractivity contribution is 6.32. The Morgan fingerprint density at radius 1 is 1.40 bits per heavy atom. The zero-order valence-electron chi connectivity index (χ0n) is 11.9. The van der Waals surface area contributed by atoms with Crippen LogP contribution >= 0.6 is 0 Å². The Bertz CT molecular complexity index is 513. The molecule has 1 atom stereocenters. The molecule has 0 amide bonds. The summed E-state index contributed by atoms with van der Waals surface area (Å²) in [7, 11) is 1.36. The second-order valence-electron chi connectivity index (χ2n) is 5.07. The number of Topliss-reactive ketones (excluding diaryl/α,β-unsaturated/α-hetero) is 1. The molecule has 1 aromatic carbocycles. The van der Waals surface area contributed by atoms with E-state index in [0.29, 0.717) is 12.0 Å². The number of aliphatic carboxylic acids is 1.